The van der Waals surface area contributed by atoms with Crippen molar-refractivity contribution >= 4 is 34.6 Å². The lowest BCUT2D eigenvalue weighted by Gasteiger charge is -2.23. The summed E-state index contributed by atoms with van der Waals surface area (Å²) in [5.41, 5.74) is 9.21. The smallest absolute Gasteiger partial charge is 0.252 e. The number of nitrogens with two attached hydrogens (primary N) is 1. The fourth-order valence-electron chi connectivity index (χ4n) is 3.94. The summed E-state index contributed by atoms with van der Waals surface area (Å²) in [4.78, 5) is 14.2. The number of hydrogen-bond acceptors (Lipinski definition) is 5. The Morgan fingerprint density at radius 1 is 1.26 bits per heavy atom. The third-order valence-corrected chi connectivity index (χ3v) is 6.76. The van der Waals surface area contributed by atoms with Crippen molar-refractivity contribution < 1.29 is 9.53 Å². The maximum Gasteiger partial charge on any atom is 0.252 e. The van der Waals surface area contributed by atoms with Gasteiger partial charge in [-0.1, -0.05) is 48.7 Å². The molecule has 1 aliphatic heterocycles. The average Bonchev–Trinajstić information content (AvgIpc) is 3.26. The molecule has 0 aliphatic carbocycles. The first-order valence-corrected chi connectivity index (χ1v) is 12.5. The number of fused-ring (bicyclic) bond motifs is 1. The van der Waals surface area contributed by atoms with Crippen molar-refractivity contribution in [1.29, 1.82) is 0 Å². The maximum atomic E-state index is 12.3. The van der Waals surface area contributed by atoms with Gasteiger partial charge in [-0.25, -0.2) is 4.68 Å². The summed E-state index contributed by atoms with van der Waals surface area (Å²) in [5.74, 6) is -0.101. The maximum absolute atomic E-state index is 12.3. The number of carbonyl (C=O) groups excluding carboxylic acids is 1. The van der Waals surface area contributed by atoms with Crippen LogP contribution in [0.15, 0.2) is 94.9 Å². The number of carbonyl (C=O) groups is 1. The molecule has 2 aromatic carbocycles. The molecule has 3 aromatic rings. The number of amides is 1. The van der Waals surface area contributed by atoms with Gasteiger partial charge < -0.3 is 15.8 Å². The van der Waals surface area contributed by atoms with Crippen LogP contribution >= 0.6 is 11.8 Å². The normalized spacial score (nSPS) is 16.8. The number of allylic oxidation sites excluding steroid dienone is 5. The van der Waals surface area contributed by atoms with E-state index in [9.17, 15) is 4.79 Å². The molecule has 1 saturated heterocycles. The molecule has 1 amide bonds. The van der Waals surface area contributed by atoms with Crippen LogP contribution in [0.3, 0.4) is 0 Å². The van der Waals surface area contributed by atoms with Gasteiger partial charge in [-0.15, -0.1) is 0 Å². The van der Waals surface area contributed by atoms with Gasteiger partial charge >= 0.3 is 0 Å². The minimum absolute atomic E-state index is 0.101. The average molecular weight is 487 g/mol. The molecule has 7 heteroatoms. The zero-order valence-electron chi connectivity index (χ0n) is 19.8. The van der Waals surface area contributed by atoms with Crippen molar-refractivity contribution in [2.75, 3.05) is 13.7 Å². The molecule has 2 heterocycles. The van der Waals surface area contributed by atoms with Crippen molar-refractivity contribution in [3.8, 4) is 0 Å². The van der Waals surface area contributed by atoms with E-state index >= 15 is 0 Å². The molecule has 0 saturated carbocycles. The SMILES string of the molecule is C=C\C=C/C=C(N)/C=C/c1nn(C2CCCCO2)c2cc(Sc3ccccc3C(=O)NC)ccc12. The molecule has 1 aliphatic rings. The molecule has 0 bridgehead atoms. The highest BCUT2D eigenvalue weighted by Crippen LogP contribution is 2.35. The van der Waals surface area contributed by atoms with E-state index < -0.39 is 0 Å². The summed E-state index contributed by atoms with van der Waals surface area (Å²) in [7, 11) is 1.64. The molecule has 4 rings (SSSR count). The minimum Gasteiger partial charge on any atom is -0.399 e. The van der Waals surface area contributed by atoms with Crippen molar-refractivity contribution in [2.45, 2.75) is 35.3 Å². The molecule has 1 fully saturated rings. The summed E-state index contributed by atoms with van der Waals surface area (Å²) in [5, 5.41) is 8.64. The number of nitrogens with one attached hydrogen (secondary N) is 1. The van der Waals surface area contributed by atoms with Gasteiger partial charge in [0.05, 0.1) is 16.8 Å². The van der Waals surface area contributed by atoms with E-state index in [1.807, 2.05) is 59.3 Å². The van der Waals surface area contributed by atoms with Gasteiger partial charge in [-0.3, -0.25) is 4.79 Å². The molecule has 6 nitrogen and oxygen atoms in total. The van der Waals surface area contributed by atoms with Crippen LogP contribution in [-0.2, 0) is 4.74 Å². The van der Waals surface area contributed by atoms with Gasteiger partial charge in [0.15, 0.2) is 6.23 Å². The lowest BCUT2D eigenvalue weighted by Crippen LogP contribution is -2.19. The molecule has 1 aromatic heterocycles. The standard InChI is InChI=1S/C28H30N4O2S/c1-3-4-5-10-20(29)14-17-24-22-16-15-21(35-26-12-7-6-11-23(26)28(33)30-2)19-25(22)32(31-24)27-13-8-9-18-34-27/h3-7,10-12,14-17,19,27H,1,8-9,13,18,29H2,2H3,(H,30,33)/b5-4-,17-14+,20-10-. The first-order chi connectivity index (χ1) is 17.1. The van der Waals surface area contributed by atoms with Crippen LogP contribution in [0.4, 0.5) is 0 Å². The number of rotatable bonds is 8. The van der Waals surface area contributed by atoms with E-state index in [1.165, 1.54) is 0 Å². The van der Waals surface area contributed by atoms with Crippen molar-refractivity contribution in [2.24, 2.45) is 5.73 Å². The zero-order valence-corrected chi connectivity index (χ0v) is 20.6. The zero-order chi connectivity index (χ0) is 24.6. The number of hydrogen-bond donors (Lipinski definition) is 2. The highest BCUT2D eigenvalue weighted by atomic mass is 32.2. The topological polar surface area (TPSA) is 82.2 Å². The molecular formula is C28H30N4O2S. The molecular weight excluding hydrogens is 456 g/mol. The molecule has 35 heavy (non-hydrogen) atoms. The summed E-state index contributed by atoms with van der Waals surface area (Å²) in [6, 6.07) is 13.9. The van der Waals surface area contributed by atoms with E-state index in [0.29, 0.717) is 11.3 Å². The van der Waals surface area contributed by atoms with Crippen molar-refractivity contribution in [3.05, 3.63) is 96.4 Å². The van der Waals surface area contributed by atoms with Crippen LogP contribution in [0.25, 0.3) is 17.0 Å². The molecule has 0 radical (unpaired) electrons. The first kappa shape index (κ1) is 24.6. The summed E-state index contributed by atoms with van der Waals surface area (Å²) in [6.45, 7) is 4.40. The van der Waals surface area contributed by atoms with Crippen LogP contribution < -0.4 is 11.1 Å². The Hall–Kier alpha value is -3.55. The first-order valence-electron chi connectivity index (χ1n) is 11.7. The lowest BCUT2D eigenvalue weighted by molar-refractivity contribution is -0.0367. The fraction of sp³-hybridized carbons (Fsp3) is 0.214. The van der Waals surface area contributed by atoms with Gasteiger partial charge in [0.2, 0.25) is 0 Å². The number of ether oxygens (including phenoxy) is 1. The van der Waals surface area contributed by atoms with E-state index in [-0.39, 0.29) is 12.1 Å². The van der Waals surface area contributed by atoms with Crippen LogP contribution in [0.5, 0.6) is 0 Å². The van der Waals surface area contributed by atoms with E-state index in [4.69, 9.17) is 15.6 Å². The van der Waals surface area contributed by atoms with Crippen LogP contribution in [0.2, 0.25) is 0 Å². The van der Waals surface area contributed by atoms with Gasteiger partial charge in [-0.05, 0) is 67.8 Å². The molecule has 1 atom stereocenters. The molecule has 1 unspecified atom stereocenters. The van der Waals surface area contributed by atoms with Crippen molar-refractivity contribution in [3.63, 3.8) is 0 Å². The van der Waals surface area contributed by atoms with Gasteiger partial charge in [0, 0.05) is 34.5 Å². The number of nitrogens with zero attached hydrogens (tertiary/aromatic N) is 2. The fourth-order valence-corrected chi connectivity index (χ4v) is 4.92. The van der Waals surface area contributed by atoms with Gasteiger partial charge in [0.25, 0.3) is 5.91 Å². The van der Waals surface area contributed by atoms with E-state index in [0.717, 1.165) is 52.3 Å². The van der Waals surface area contributed by atoms with Crippen LogP contribution in [0.1, 0.15) is 41.5 Å². The predicted molar refractivity (Wildman–Crippen MR) is 143 cm³/mol. The van der Waals surface area contributed by atoms with Crippen molar-refractivity contribution in [1.82, 2.24) is 15.1 Å². The Balaban J connectivity index is 1.72. The van der Waals surface area contributed by atoms with Gasteiger partial charge in [0.1, 0.15) is 0 Å². The highest BCUT2D eigenvalue weighted by Gasteiger charge is 2.21. The largest absolute Gasteiger partial charge is 0.399 e. The molecule has 0 spiro atoms. The minimum atomic E-state index is -0.102. The highest BCUT2D eigenvalue weighted by molar-refractivity contribution is 7.99. The van der Waals surface area contributed by atoms with E-state index in [2.05, 4.69) is 30.1 Å². The van der Waals surface area contributed by atoms with Crippen LogP contribution in [0, 0.1) is 0 Å². The predicted octanol–water partition coefficient (Wildman–Crippen LogP) is 5.84. The molecule has 180 valence electrons. The third-order valence-electron chi connectivity index (χ3n) is 5.69. The second-order valence-electron chi connectivity index (χ2n) is 8.13. The summed E-state index contributed by atoms with van der Waals surface area (Å²) in [6.07, 6.45) is 14.0. The Morgan fingerprint density at radius 3 is 2.89 bits per heavy atom. The monoisotopic (exact) mass is 486 g/mol. The van der Waals surface area contributed by atoms with E-state index in [1.54, 1.807) is 24.9 Å². The Kier molecular flexibility index (Phi) is 8.23. The number of aromatic nitrogens is 2. The second kappa shape index (κ2) is 11.7. The number of benzene rings is 2. The van der Waals surface area contributed by atoms with Crippen LogP contribution in [-0.4, -0.2) is 29.3 Å². The third kappa shape index (κ3) is 5.93. The van der Waals surface area contributed by atoms with Gasteiger partial charge in [-0.2, -0.15) is 5.10 Å². The Bertz CT molecular complexity index is 1300. The Morgan fingerprint density at radius 2 is 2.11 bits per heavy atom. The second-order valence-corrected chi connectivity index (χ2v) is 9.24. The summed E-state index contributed by atoms with van der Waals surface area (Å²) >= 11 is 1.56. The Labute approximate surface area is 210 Å². The molecule has 3 N–H and O–H groups in total. The lowest BCUT2D eigenvalue weighted by atomic mass is 10.1. The quantitative estimate of drug-likeness (QED) is 0.391. The summed E-state index contributed by atoms with van der Waals surface area (Å²) < 4.78 is 8.05.